The number of carbonyl (C=O) groups excluding carboxylic acids is 1. The van der Waals surface area contributed by atoms with Gasteiger partial charge < -0.3 is 18.9 Å². The van der Waals surface area contributed by atoms with Crippen molar-refractivity contribution < 1.29 is 14.3 Å². The van der Waals surface area contributed by atoms with Crippen LogP contribution in [0.5, 0.6) is 0 Å². The van der Waals surface area contributed by atoms with Gasteiger partial charge in [-0.1, -0.05) is 29.3 Å². The van der Waals surface area contributed by atoms with E-state index in [0.717, 1.165) is 48.5 Å². The average molecular weight is 433 g/mol. The van der Waals surface area contributed by atoms with Gasteiger partial charge in [-0.2, -0.15) is 0 Å². The number of hydrogen-bond acceptors (Lipinski definition) is 4. The summed E-state index contributed by atoms with van der Waals surface area (Å²) < 4.78 is 12.7. The Hall–Kier alpha value is -2.21. The molecule has 0 radical (unpaired) electrons. The highest BCUT2D eigenvalue weighted by molar-refractivity contribution is 6.42. The molecular weight excluding hydrogens is 411 g/mol. The molecule has 152 valence electrons. The van der Waals surface area contributed by atoms with E-state index in [1.165, 1.54) is 0 Å². The van der Waals surface area contributed by atoms with Gasteiger partial charge in [-0.15, -0.1) is 0 Å². The molecular formula is C22H22Cl2N2O3. The van der Waals surface area contributed by atoms with E-state index in [2.05, 4.69) is 23.1 Å². The number of fused-ring (bicyclic) bond motifs is 1. The first-order chi connectivity index (χ1) is 14.1. The van der Waals surface area contributed by atoms with E-state index in [4.69, 9.17) is 32.7 Å². The van der Waals surface area contributed by atoms with Crippen LogP contribution < -0.4 is 4.90 Å². The highest BCUT2D eigenvalue weighted by atomic mass is 35.5. The Bertz CT molecular complexity index is 1040. The van der Waals surface area contributed by atoms with Crippen molar-refractivity contribution in [3.05, 3.63) is 63.8 Å². The molecule has 0 amide bonds. The van der Waals surface area contributed by atoms with Gasteiger partial charge in [0.2, 0.25) is 0 Å². The van der Waals surface area contributed by atoms with Crippen LogP contribution in [-0.4, -0.2) is 43.4 Å². The monoisotopic (exact) mass is 432 g/mol. The number of nitrogens with zero attached hydrogens (tertiary/aromatic N) is 2. The van der Waals surface area contributed by atoms with Crippen molar-refractivity contribution in [2.75, 3.05) is 37.8 Å². The fourth-order valence-electron chi connectivity index (χ4n) is 3.64. The zero-order valence-corrected chi connectivity index (χ0v) is 17.7. The van der Waals surface area contributed by atoms with Gasteiger partial charge in [0.15, 0.2) is 0 Å². The van der Waals surface area contributed by atoms with Crippen molar-refractivity contribution in [2.24, 2.45) is 0 Å². The second-order valence-corrected chi connectivity index (χ2v) is 7.74. The molecule has 1 aliphatic rings. The molecule has 0 spiro atoms. The topological polar surface area (TPSA) is 43.7 Å². The van der Waals surface area contributed by atoms with Gasteiger partial charge in [0.05, 0.1) is 29.9 Å². The number of ether oxygens (including phenoxy) is 2. The molecule has 0 aliphatic carbocycles. The first-order valence-electron chi connectivity index (χ1n) is 9.64. The fourth-order valence-corrected chi connectivity index (χ4v) is 3.96. The van der Waals surface area contributed by atoms with Crippen molar-refractivity contribution in [1.29, 1.82) is 0 Å². The molecule has 0 bridgehead atoms. The molecule has 0 unspecified atom stereocenters. The molecule has 2 heterocycles. The van der Waals surface area contributed by atoms with Crippen molar-refractivity contribution in [3.63, 3.8) is 0 Å². The molecule has 4 rings (SSSR count). The van der Waals surface area contributed by atoms with Crippen LogP contribution in [0.4, 0.5) is 5.69 Å². The van der Waals surface area contributed by atoms with E-state index in [1.807, 2.05) is 22.8 Å². The van der Waals surface area contributed by atoms with E-state index in [0.29, 0.717) is 28.9 Å². The molecule has 1 saturated heterocycles. The molecule has 1 aliphatic heterocycles. The second-order valence-electron chi connectivity index (χ2n) is 6.93. The van der Waals surface area contributed by atoms with Gasteiger partial charge in [-0.3, -0.25) is 0 Å². The van der Waals surface area contributed by atoms with Crippen molar-refractivity contribution in [1.82, 2.24) is 4.57 Å². The lowest BCUT2D eigenvalue weighted by atomic mass is 10.2. The van der Waals surface area contributed by atoms with E-state index in [1.54, 1.807) is 13.0 Å². The van der Waals surface area contributed by atoms with Crippen LogP contribution in [0.15, 0.2) is 42.5 Å². The van der Waals surface area contributed by atoms with Gasteiger partial charge in [0, 0.05) is 36.2 Å². The summed E-state index contributed by atoms with van der Waals surface area (Å²) in [6.45, 7) is 5.80. The number of halogens is 2. The summed E-state index contributed by atoms with van der Waals surface area (Å²) in [6.07, 6.45) is 0. The third-order valence-corrected chi connectivity index (χ3v) is 5.81. The second kappa shape index (κ2) is 8.66. The Labute approximate surface area is 179 Å². The van der Waals surface area contributed by atoms with Gasteiger partial charge in [0.1, 0.15) is 5.69 Å². The Morgan fingerprint density at radius 1 is 1.07 bits per heavy atom. The molecule has 1 aromatic heterocycles. The summed E-state index contributed by atoms with van der Waals surface area (Å²) in [6, 6.07) is 13.7. The predicted octanol–water partition coefficient (Wildman–Crippen LogP) is 5.01. The van der Waals surface area contributed by atoms with Crippen molar-refractivity contribution in [2.45, 2.75) is 13.5 Å². The van der Waals surface area contributed by atoms with Crippen LogP contribution in [0.1, 0.15) is 23.0 Å². The molecule has 1 fully saturated rings. The number of rotatable bonds is 5. The van der Waals surface area contributed by atoms with Crippen LogP contribution in [0.2, 0.25) is 10.0 Å². The van der Waals surface area contributed by atoms with Crippen LogP contribution in [0.25, 0.3) is 10.9 Å². The van der Waals surface area contributed by atoms with Gasteiger partial charge >= 0.3 is 5.97 Å². The molecule has 0 atom stereocenters. The number of esters is 1. The first-order valence-corrected chi connectivity index (χ1v) is 10.4. The Morgan fingerprint density at radius 2 is 1.86 bits per heavy atom. The maximum atomic E-state index is 12.6. The SMILES string of the molecule is CCOC(=O)c1cc2cc(N3CCOCC3)ccc2n1Cc1ccc(Cl)c(Cl)c1. The molecule has 29 heavy (non-hydrogen) atoms. The maximum Gasteiger partial charge on any atom is 0.354 e. The molecule has 0 saturated carbocycles. The predicted molar refractivity (Wildman–Crippen MR) is 116 cm³/mol. The van der Waals surface area contributed by atoms with Crippen LogP contribution in [-0.2, 0) is 16.0 Å². The smallest absolute Gasteiger partial charge is 0.354 e. The Kier molecular flexibility index (Phi) is 5.99. The third-order valence-electron chi connectivity index (χ3n) is 5.07. The zero-order chi connectivity index (χ0) is 20.4. The van der Waals surface area contributed by atoms with Crippen LogP contribution >= 0.6 is 23.2 Å². The summed E-state index contributed by atoms with van der Waals surface area (Å²) in [7, 11) is 0. The van der Waals surface area contributed by atoms with E-state index >= 15 is 0 Å². The van der Waals surface area contributed by atoms with Gasteiger partial charge in [-0.25, -0.2) is 4.79 Å². The number of morpholine rings is 1. The lowest BCUT2D eigenvalue weighted by Gasteiger charge is -2.28. The minimum Gasteiger partial charge on any atom is -0.461 e. The Balaban J connectivity index is 1.75. The average Bonchev–Trinajstić information content (AvgIpc) is 3.09. The van der Waals surface area contributed by atoms with Gasteiger partial charge in [-0.05, 0) is 48.9 Å². The lowest BCUT2D eigenvalue weighted by Crippen LogP contribution is -2.36. The van der Waals surface area contributed by atoms with E-state index in [9.17, 15) is 4.79 Å². The van der Waals surface area contributed by atoms with E-state index < -0.39 is 0 Å². The molecule has 5 nitrogen and oxygen atoms in total. The molecule has 7 heteroatoms. The number of anilines is 1. The molecule has 0 N–H and O–H groups in total. The quantitative estimate of drug-likeness (QED) is 0.531. The molecule has 2 aromatic carbocycles. The standard InChI is InChI=1S/C22H22Cl2N2O3/c1-2-29-22(27)21-13-16-12-17(25-7-9-28-10-8-25)4-6-20(16)26(21)14-15-3-5-18(23)19(24)11-15/h3-6,11-13H,2,7-10,14H2,1H3. The van der Waals surface area contributed by atoms with Crippen LogP contribution in [0.3, 0.4) is 0 Å². The van der Waals surface area contributed by atoms with Crippen molar-refractivity contribution >= 4 is 45.8 Å². The normalized spacial score (nSPS) is 14.4. The highest BCUT2D eigenvalue weighted by Gasteiger charge is 2.19. The lowest BCUT2D eigenvalue weighted by molar-refractivity contribution is 0.0515. The minimum absolute atomic E-state index is 0.326. The summed E-state index contributed by atoms with van der Waals surface area (Å²) in [4.78, 5) is 14.9. The number of benzene rings is 2. The van der Waals surface area contributed by atoms with E-state index in [-0.39, 0.29) is 5.97 Å². The fraction of sp³-hybridized carbons (Fsp3) is 0.318. The molecule has 3 aromatic rings. The summed E-state index contributed by atoms with van der Waals surface area (Å²) >= 11 is 12.2. The summed E-state index contributed by atoms with van der Waals surface area (Å²) in [5.74, 6) is -0.336. The summed E-state index contributed by atoms with van der Waals surface area (Å²) in [5, 5.41) is 2.00. The Morgan fingerprint density at radius 3 is 2.59 bits per heavy atom. The largest absolute Gasteiger partial charge is 0.461 e. The third kappa shape index (κ3) is 4.22. The zero-order valence-electron chi connectivity index (χ0n) is 16.2. The summed E-state index contributed by atoms with van der Waals surface area (Å²) in [5.41, 5.74) is 3.57. The van der Waals surface area contributed by atoms with Crippen molar-refractivity contribution in [3.8, 4) is 0 Å². The number of hydrogen-bond donors (Lipinski definition) is 0. The van der Waals surface area contributed by atoms with Gasteiger partial charge in [0.25, 0.3) is 0 Å². The minimum atomic E-state index is -0.336. The number of aromatic nitrogens is 1. The van der Waals surface area contributed by atoms with Crippen LogP contribution in [0, 0.1) is 0 Å². The first kappa shape index (κ1) is 20.1. The number of carbonyl (C=O) groups is 1. The highest BCUT2D eigenvalue weighted by Crippen LogP contribution is 2.29. The maximum absolute atomic E-state index is 12.6.